The molecule has 11 nitrogen and oxygen atoms in total. The van der Waals surface area contributed by atoms with Crippen molar-refractivity contribution >= 4 is 28.7 Å². The molecule has 4 heterocycles. The number of furan rings is 1. The number of aromatic nitrogens is 4. The number of aryl methyl sites for hydroxylation is 1. The van der Waals surface area contributed by atoms with Gasteiger partial charge in [-0.15, -0.1) is 0 Å². The highest BCUT2D eigenvalue weighted by atomic mass is 19.4. The number of benzene rings is 1. The highest BCUT2D eigenvalue weighted by Crippen LogP contribution is 2.38. The number of fused-ring (bicyclic) bond motifs is 1. The Morgan fingerprint density at radius 1 is 1.07 bits per heavy atom. The second kappa shape index (κ2) is 11.4. The number of hydrogen-bond donors (Lipinski definition) is 3. The fourth-order valence-corrected chi connectivity index (χ4v) is 4.37. The second-order valence-electron chi connectivity index (χ2n) is 9.79. The number of nitrogens with zero attached hydrogens (tertiary/aromatic N) is 4. The van der Waals surface area contributed by atoms with Crippen LogP contribution in [-0.4, -0.2) is 51.7 Å². The minimum Gasteiger partial charge on any atom is -0.437 e. The molecule has 228 valence electrons. The first-order chi connectivity index (χ1) is 22.0. The van der Waals surface area contributed by atoms with E-state index >= 15 is 0 Å². The van der Waals surface area contributed by atoms with Crippen LogP contribution in [0.25, 0.3) is 33.6 Å². The summed E-state index contributed by atoms with van der Waals surface area (Å²) >= 11 is 0. The van der Waals surface area contributed by atoms with Crippen LogP contribution >= 0.6 is 0 Å². The number of anilines is 1. The van der Waals surface area contributed by atoms with Crippen LogP contribution in [0.5, 0.6) is 0 Å². The molecule has 0 saturated carbocycles. The predicted molar refractivity (Wildman–Crippen MR) is 150 cm³/mol. The zero-order chi connectivity index (χ0) is 34.3. The van der Waals surface area contributed by atoms with E-state index in [0.717, 1.165) is 18.5 Å². The fraction of sp³-hybridized carbons (Fsp3) is 0.241. The van der Waals surface area contributed by atoms with Gasteiger partial charge in [0.15, 0.2) is 5.82 Å². The summed E-state index contributed by atoms with van der Waals surface area (Å²) in [7, 11) is 1.36. The molecule has 0 fully saturated rings. The Kier molecular flexibility index (Phi) is 6.81. The van der Waals surface area contributed by atoms with E-state index in [2.05, 4.69) is 40.6 Å². The SMILES string of the molecule is [2H]C([2H])([2H])C(C)(NC(=O)c1cc(-c2cc3c(C(=O)NC)c(-c4ccc(F)cc4)oc3nc2NCC(F)(F)F)cnc1C)c1ncon1. The quantitative estimate of drug-likeness (QED) is 0.196. The topological polar surface area (TPSA) is 148 Å². The molecule has 2 amide bonds. The minimum absolute atomic E-state index is 0.00309. The molecule has 44 heavy (non-hydrogen) atoms. The van der Waals surface area contributed by atoms with Crippen molar-refractivity contribution in [3.8, 4) is 22.5 Å². The molecule has 1 unspecified atom stereocenters. The third kappa shape index (κ3) is 6.07. The number of hydrogen-bond acceptors (Lipinski definition) is 9. The van der Waals surface area contributed by atoms with Gasteiger partial charge in [-0.25, -0.2) is 4.39 Å². The maximum absolute atomic E-state index is 13.7. The van der Waals surface area contributed by atoms with Crippen LogP contribution in [-0.2, 0) is 5.54 Å². The Morgan fingerprint density at radius 2 is 1.82 bits per heavy atom. The molecule has 0 spiro atoms. The van der Waals surface area contributed by atoms with Crippen LogP contribution in [0.2, 0.25) is 0 Å². The Morgan fingerprint density at radius 3 is 2.45 bits per heavy atom. The van der Waals surface area contributed by atoms with Crippen molar-refractivity contribution in [3.05, 3.63) is 77.5 Å². The monoisotopic (exact) mass is 614 g/mol. The molecule has 0 saturated heterocycles. The lowest BCUT2D eigenvalue weighted by molar-refractivity contribution is -0.115. The van der Waals surface area contributed by atoms with E-state index in [0.29, 0.717) is 5.56 Å². The van der Waals surface area contributed by atoms with Crippen molar-refractivity contribution < 1.29 is 40.2 Å². The Hall–Kier alpha value is -5.34. The van der Waals surface area contributed by atoms with Gasteiger partial charge in [-0.2, -0.15) is 23.1 Å². The molecule has 5 aromatic rings. The molecule has 0 aliphatic rings. The summed E-state index contributed by atoms with van der Waals surface area (Å²) in [6, 6.07) is 7.65. The third-order valence-corrected chi connectivity index (χ3v) is 6.51. The maximum Gasteiger partial charge on any atom is 0.405 e. The molecule has 0 radical (unpaired) electrons. The van der Waals surface area contributed by atoms with Gasteiger partial charge in [-0.3, -0.25) is 14.6 Å². The molecule has 15 heteroatoms. The number of nitrogens with one attached hydrogen (secondary N) is 3. The summed E-state index contributed by atoms with van der Waals surface area (Å²) in [5, 5.41) is 10.8. The molecule has 3 N–H and O–H groups in total. The standard InChI is InChI=1S/C29H25F4N7O4/c1-14-18(24(41)39-28(2,3)27-37-13-43-40-27)9-16(11-35-14)19-10-20-21(25(42)34-4)22(15-5-7-17(30)8-6-15)44-26(20)38-23(19)36-12-29(31,32)33/h5-11,13H,12H2,1-4H3,(H,34,42)(H,36,38)(H,39,41)/i2D3. The van der Waals surface area contributed by atoms with Crippen molar-refractivity contribution in [3.63, 3.8) is 0 Å². The lowest BCUT2D eigenvalue weighted by Gasteiger charge is -2.23. The van der Waals surface area contributed by atoms with Crippen molar-refractivity contribution in [1.29, 1.82) is 0 Å². The maximum atomic E-state index is 13.7. The minimum atomic E-state index is -4.66. The fourth-order valence-electron chi connectivity index (χ4n) is 4.37. The molecule has 4 aromatic heterocycles. The van der Waals surface area contributed by atoms with E-state index in [-0.39, 0.29) is 56.4 Å². The average molecular weight is 615 g/mol. The Bertz CT molecular complexity index is 1960. The predicted octanol–water partition coefficient (Wildman–Crippen LogP) is 5.39. The van der Waals surface area contributed by atoms with E-state index in [4.69, 9.17) is 8.53 Å². The molecule has 0 aliphatic carbocycles. The molecule has 1 atom stereocenters. The number of pyridine rings is 2. The van der Waals surface area contributed by atoms with Gasteiger partial charge >= 0.3 is 6.18 Å². The van der Waals surface area contributed by atoms with Crippen LogP contribution in [0.15, 0.2) is 57.9 Å². The van der Waals surface area contributed by atoms with Gasteiger partial charge in [-0.05, 0) is 57.1 Å². The number of amides is 2. The largest absolute Gasteiger partial charge is 0.437 e. The first kappa shape index (κ1) is 26.3. The van der Waals surface area contributed by atoms with Gasteiger partial charge in [0, 0.05) is 34.0 Å². The Balaban J connectivity index is 1.68. The van der Waals surface area contributed by atoms with Gasteiger partial charge in [0.05, 0.1) is 27.7 Å². The highest BCUT2D eigenvalue weighted by molar-refractivity contribution is 6.11. The first-order valence-electron chi connectivity index (χ1n) is 14.3. The number of halogens is 4. The smallest absolute Gasteiger partial charge is 0.405 e. The lowest BCUT2D eigenvalue weighted by Crippen LogP contribution is -2.42. The van der Waals surface area contributed by atoms with Gasteiger partial charge in [0.2, 0.25) is 12.1 Å². The van der Waals surface area contributed by atoms with Crippen molar-refractivity contribution in [1.82, 2.24) is 30.7 Å². The van der Waals surface area contributed by atoms with E-state index in [1.165, 1.54) is 51.4 Å². The molecule has 5 rings (SSSR count). The van der Waals surface area contributed by atoms with Crippen LogP contribution in [0.4, 0.5) is 23.4 Å². The summed E-state index contributed by atoms with van der Waals surface area (Å²) in [6.07, 6.45) is -2.48. The summed E-state index contributed by atoms with van der Waals surface area (Å²) in [5.74, 6) is -2.74. The number of carbonyl (C=O) groups excluding carboxylic acids is 2. The summed E-state index contributed by atoms with van der Waals surface area (Å²) in [4.78, 5) is 38.9. The molecule has 0 bridgehead atoms. The van der Waals surface area contributed by atoms with Crippen molar-refractivity contribution in [2.75, 3.05) is 18.9 Å². The number of rotatable bonds is 8. The lowest BCUT2D eigenvalue weighted by atomic mass is 9.99. The summed E-state index contributed by atoms with van der Waals surface area (Å²) in [5.41, 5.74) is -1.94. The zero-order valence-corrected chi connectivity index (χ0v) is 23.3. The van der Waals surface area contributed by atoms with E-state index in [1.807, 2.05) is 0 Å². The van der Waals surface area contributed by atoms with Gasteiger partial charge < -0.3 is 24.9 Å². The summed E-state index contributed by atoms with van der Waals surface area (Å²) < 4.78 is 88.2. The van der Waals surface area contributed by atoms with E-state index in [1.54, 1.807) is 0 Å². The Labute approximate surface area is 251 Å². The van der Waals surface area contributed by atoms with Gasteiger partial charge in [0.25, 0.3) is 11.8 Å². The normalized spacial score (nSPS) is 14.3. The van der Waals surface area contributed by atoms with Crippen LogP contribution in [0.1, 0.15) is 50.1 Å². The van der Waals surface area contributed by atoms with Crippen LogP contribution < -0.4 is 16.0 Å². The van der Waals surface area contributed by atoms with E-state index < -0.39 is 42.7 Å². The molecular formula is C29H25F4N7O4. The third-order valence-electron chi connectivity index (χ3n) is 6.51. The number of carbonyl (C=O) groups is 2. The van der Waals surface area contributed by atoms with Crippen molar-refractivity contribution in [2.24, 2.45) is 0 Å². The molecular weight excluding hydrogens is 586 g/mol. The second-order valence-corrected chi connectivity index (χ2v) is 9.79. The zero-order valence-electron chi connectivity index (χ0n) is 26.3. The van der Waals surface area contributed by atoms with Crippen molar-refractivity contribution in [2.45, 2.75) is 32.4 Å². The van der Waals surface area contributed by atoms with Crippen LogP contribution in [0, 0.1) is 12.7 Å². The summed E-state index contributed by atoms with van der Waals surface area (Å²) in [6.45, 7) is -1.68. The molecule has 1 aromatic carbocycles. The van der Waals surface area contributed by atoms with Gasteiger partial charge in [-0.1, -0.05) is 5.16 Å². The van der Waals surface area contributed by atoms with Gasteiger partial charge in [0.1, 0.15) is 23.9 Å². The first-order valence-corrected chi connectivity index (χ1v) is 12.8. The average Bonchev–Trinajstić information content (AvgIpc) is 3.68. The molecule has 0 aliphatic heterocycles. The van der Waals surface area contributed by atoms with E-state index in [9.17, 15) is 27.2 Å². The highest BCUT2D eigenvalue weighted by Gasteiger charge is 2.31. The number of alkyl halides is 3. The van der Waals surface area contributed by atoms with Crippen LogP contribution in [0.3, 0.4) is 0 Å².